The first-order valence-electron chi connectivity index (χ1n) is 12.4. The maximum atomic E-state index is 14.7. The molecule has 10 heteroatoms. The number of likely N-dealkylation sites (tertiary alicyclic amines) is 1. The lowest BCUT2D eigenvalue weighted by atomic mass is 10.0. The van der Waals surface area contributed by atoms with Crippen LogP contribution < -0.4 is 14.8 Å². The smallest absolute Gasteiger partial charge is 0.255 e. The molecule has 9 nitrogen and oxygen atoms in total. The quantitative estimate of drug-likeness (QED) is 0.493. The lowest BCUT2D eigenvalue weighted by Gasteiger charge is -2.32. The minimum Gasteiger partial charge on any atom is -0.494 e. The van der Waals surface area contributed by atoms with E-state index in [0.29, 0.717) is 78.5 Å². The van der Waals surface area contributed by atoms with Crippen LogP contribution in [0.15, 0.2) is 24.7 Å². The second kappa shape index (κ2) is 10.1. The highest BCUT2D eigenvalue weighted by Crippen LogP contribution is 2.39. The number of hydrogen-bond donors (Lipinski definition) is 2. The number of amides is 2. The number of hydrogen-bond acceptors (Lipinski definition) is 6. The average Bonchev–Trinajstić information content (AvgIpc) is 3.63. The Labute approximate surface area is 208 Å². The predicted molar refractivity (Wildman–Crippen MR) is 131 cm³/mol. The number of benzene rings is 1. The molecule has 0 unspecified atom stereocenters. The van der Waals surface area contributed by atoms with E-state index < -0.39 is 5.82 Å². The summed E-state index contributed by atoms with van der Waals surface area (Å²) in [5, 5.41) is 3.07. The van der Waals surface area contributed by atoms with Gasteiger partial charge in [0.15, 0.2) is 11.6 Å². The van der Waals surface area contributed by atoms with E-state index in [1.165, 1.54) is 25.6 Å². The molecule has 1 aliphatic carbocycles. The van der Waals surface area contributed by atoms with Gasteiger partial charge in [-0.15, -0.1) is 0 Å². The third-order valence-electron chi connectivity index (χ3n) is 6.87. The Bertz CT molecular complexity index is 1280. The van der Waals surface area contributed by atoms with Gasteiger partial charge in [-0.25, -0.2) is 14.4 Å². The summed E-state index contributed by atoms with van der Waals surface area (Å²) >= 11 is 0. The third-order valence-corrected chi connectivity index (χ3v) is 6.87. The molecule has 1 saturated carbocycles. The maximum Gasteiger partial charge on any atom is 0.255 e. The SMILES string of the molecule is CCC(=O)N1CCC(NC(=O)c2c[nH]c3c(-c4cc(F)c(OC)cc4OCC4CC4)ncnc23)CC1. The van der Waals surface area contributed by atoms with E-state index in [0.717, 1.165) is 12.8 Å². The standard InChI is InChI=1S/C26H30FN5O4/c1-3-22(33)32-8-6-16(7-9-32)31-26(34)18-12-28-25-23(29-14-30-24(18)25)17-10-19(27)21(35-2)11-20(17)36-13-15-4-5-15/h10-12,14-16,28H,3-9,13H2,1-2H3,(H,31,34). The molecule has 2 amide bonds. The number of carbonyl (C=O) groups excluding carboxylic acids is 2. The first-order chi connectivity index (χ1) is 17.5. The van der Waals surface area contributed by atoms with Crippen molar-refractivity contribution in [3.8, 4) is 22.8 Å². The summed E-state index contributed by atoms with van der Waals surface area (Å²) in [6.07, 6.45) is 7.09. The van der Waals surface area contributed by atoms with Crippen molar-refractivity contribution < 1.29 is 23.5 Å². The Balaban J connectivity index is 1.40. The highest BCUT2D eigenvalue weighted by molar-refractivity contribution is 6.08. The number of halogens is 1. The van der Waals surface area contributed by atoms with Crippen molar-refractivity contribution in [3.63, 3.8) is 0 Å². The van der Waals surface area contributed by atoms with Gasteiger partial charge in [0.25, 0.3) is 5.91 Å². The van der Waals surface area contributed by atoms with Crippen LogP contribution in [0.4, 0.5) is 4.39 Å². The summed E-state index contributed by atoms with van der Waals surface area (Å²) in [5.74, 6) is 0.415. The Kier molecular flexibility index (Phi) is 6.75. The summed E-state index contributed by atoms with van der Waals surface area (Å²) < 4.78 is 25.9. The van der Waals surface area contributed by atoms with Crippen molar-refractivity contribution >= 4 is 22.8 Å². The molecule has 2 aromatic heterocycles. The maximum absolute atomic E-state index is 14.7. The van der Waals surface area contributed by atoms with Crippen LogP contribution >= 0.6 is 0 Å². The van der Waals surface area contributed by atoms with Crippen molar-refractivity contribution in [2.75, 3.05) is 26.8 Å². The Morgan fingerprint density at radius 1 is 1.17 bits per heavy atom. The lowest BCUT2D eigenvalue weighted by molar-refractivity contribution is -0.131. The number of aromatic nitrogens is 3. The number of aromatic amines is 1. The van der Waals surface area contributed by atoms with Gasteiger partial charge >= 0.3 is 0 Å². The predicted octanol–water partition coefficient (Wildman–Crippen LogP) is 3.69. The fourth-order valence-corrected chi connectivity index (χ4v) is 4.56. The van der Waals surface area contributed by atoms with Crippen molar-refractivity contribution in [1.29, 1.82) is 0 Å². The number of carbonyl (C=O) groups is 2. The molecule has 3 heterocycles. The van der Waals surface area contributed by atoms with Gasteiger partial charge < -0.3 is 24.7 Å². The molecule has 5 rings (SSSR count). The van der Waals surface area contributed by atoms with Crippen LogP contribution in [0.25, 0.3) is 22.3 Å². The van der Waals surface area contributed by atoms with Crippen molar-refractivity contribution in [2.24, 2.45) is 5.92 Å². The van der Waals surface area contributed by atoms with Crippen molar-refractivity contribution in [1.82, 2.24) is 25.2 Å². The molecule has 2 aliphatic rings. The number of nitrogens with one attached hydrogen (secondary N) is 2. The molecule has 1 aliphatic heterocycles. The zero-order chi connectivity index (χ0) is 25.2. The van der Waals surface area contributed by atoms with Gasteiger partial charge in [0.2, 0.25) is 5.91 Å². The van der Waals surface area contributed by atoms with E-state index in [2.05, 4.69) is 20.3 Å². The summed E-state index contributed by atoms with van der Waals surface area (Å²) in [6.45, 7) is 3.65. The number of nitrogens with zero attached hydrogens (tertiary/aromatic N) is 3. The molecule has 2 N–H and O–H groups in total. The van der Waals surface area contributed by atoms with Crippen LogP contribution in [-0.2, 0) is 4.79 Å². The van der Waals surface area contributed by atoms with Crippen molar-refractivity contribution in [3.05, 3.63) is 36.0 Å². The zero-order valence-corrected chi connectivity index (χ0v) is 20.5. The molecular formula is C26H30FN5O4. The van der Waals surface area contributed by atoms with Gasteiger partial charge in [-0.1, -0.05) is 6.92 Å². The molecule has 3 aromatic rings. The summed E-state index contributed by atoms with van der Waals surface area (Å²) in [7, 11) is 1.41. The lowest BCUT2D eigenvalue weighted by Crippen LogP contribution is -2.46. The number of ether oxygens (including phenoxy) is 2. The highest BCUT2D eigenvalue weighted by Gasteiger charge is 2.27. The fourth-order valence-electron chi connectivity index (χ4n) is 4.56. The Morgan fingerprint density at radius 3 is 2.64 bits per heavy atom. The molecule has 0 spiro atoms. The normalized spacial score (nSPS) is 16.2. The van der Waals surface area contributed by atoms with E-state index in [-0.39, 0.29) is 23.6 Å². The van der Waals surface area contributed by atoms with E-state index in [1.807, 2.05) is 11.8 Å². The number of fused-ring (bicyclic) bond motifs is 1. The van der Waals surface area contributed by atoms with Crippen LogP contribution in [0.3, 0.4) is 0 Å². The molecule has 190 valence electrons. The third kappa shape index (κ3) is 4.84. The molecule has 0 atom stereocenters. The number of rotatable bonds is 8. The molecule has 0 bridgehead atoms. The fraction of sp³-hybridized carbons (Fsp3) is 0.462. The van der Waals surface area contributed by atoms with Gasteiger partial charge in [-0.05, 0) is 37.7 Å². The number of methoxy groups -OCH3 is 1. The first kappa shape index (κ1) is 24.0. The van der Waals surface area contributed by atoms with E-state index >= 15 is 0 Å². The molecule has 36 heavy (non-hydrogen) atoms. The van der Waals surface area contributed by atoms with Crippen LogP contribution in [-0.4, -0.2) is 64.5 Å². The van der Waals surface area contributed by atoms with Gasteiger partial charge in [-0.3, -0.25) is 9.59 Å². The molecule has 1 aromatic carbocycles. The van der Waals surface area contributed by atoms with E-state index in [9.17, 15) is 14.0 Å². The molecular weight excluding hydrogens is 465 g/mol. The minimum absolute atomic E-state index is 0.0252. The van der Waals surface area contributed by atoms with Gasteiger partial charge in [0, 0.05) is 43.4 Å². The van der Waals surface area contributed by atoms with Gasteiger partial charge in [0.05, 0.1) is 24.8 Å². The van der Waals surface area contributed by atoms with Crippen LogP contribution in [0, 0.1) is 11.7 Å². The van der Waals surface area contributed by atoms with Crippen LogP contribution in [0.5, 0.6) is 11.5 Å². The Hall–Kier alpha value is -3.69. The molecule has 2 fully saturated rings. The average molecular weight is 496 g/mol. The zero-order valence-electron chi connectivity index (χ0n) is 20.5. The first-order valence-corrected chi connectivity index (χ1v) is 12.4. The molecule has 1 saturated heterocycles. The minimum atomic E-state index is -0.532. The van der Waals surface area contributed by atoms with E-state index in [1.54, 1.807) is 6.20 Å². The second-order valence-electron chi connectivity index (χ2n) is 9.37. The monoisotopic (exact) mass is 495 g/mol. The molecule has 0 radical (unpaired) electrons. The second-order valence-corrected chi connectivity index (χ2v) is 9.37. The van der Waals surface area contributed by atoms with Gasteiger partial charge in [-0.2, -0.15) is 0 Å². The topological polar surface area (TPSA) is 109 Å². The number of H-pyrrole nitrogens is 1. The van der Waals surface area contributed by atoms with E-state index in [4.69, 9.17) is 9.47 Å². The largest absolute Gasteiger partial charge is 0.494 e. The van der Waals surface area contributed by atoms with Gasteiger partial charge in [0.1, 0.15) is 23.3 Å². The van der Waals surface area contributed by atoms with Crippen molar-refractivity contribution in [2.45, 2.75) is 45.1 Å². The Morgan fingerprint density at radius 2 is 1.94 bits per heavy atom. The summed E-state index contributed by atoms with van der Waals surface area (Å²) in [6, 6.07) is 2.85. The number of piperidine rings is 1. The summed E-state index contributed by atoms with van der Waals surface area (Å²) in [5.41, 5.74) is 2.25. The summed E-state index contributed by atoms with van der Waals surface area (Å²) in [4.78, 5) is 38.7. The highest BCUT2D eigenvalue weighted by atomic mass is 19.1. The van der Waals surface area contributed by atoms with Crippen LogP contribution in [0.2, 0.25) is 0 Å². The van der Waals surface area contributed by atoms with Crippen LogP contribution in [0.1, 0.15) is 49.4 Å².